The van der Waals surface area contributed by atoms with Crippen molar-refractivity contribution in [1.82, 2.24) is 0 Å². The fraction of sp³-hybridized carbons (Fsp3) is 0.562. The molecule has 0 bridgehead atoms. The maximum absolute atomic E-state index is 12.0. The monoisotopic (exact) mass is 296 g/mol. The van der Waals surface area contributed by atoms with Crippen LogP contribution in [0.15, 0.2) is 29.2 Å². The maximum atomic E-state index is 12.0. The summed E-state index contributed by atoms with van der Waals surface area (Å²) in [5.41, 5.74) is 0.992. The molecule has 0 spiro atoms. The summed E-state index contributed by atoms with van der Waals surface area (Å²) in [4.78, 5) is 11.8. The van der Waals surface area contributed by atoms with E-state index in [1.165, 1.54) is 0 Å². The zero-order valence-corrected chi connectivity index (χ0v) is 13.2. The van der Waals surface area contributed by atoms with Gasteiger partial charge < -0.3 is 0 Å². The lowest BCUT2D eigenvalue weighted by atomic mass is 10.0. The molecule has 112 valence electrons. The third-order valence-electron chi connectivity index (χ3n) is 3.18. The lowest BCUT2D eigenvalue weighted by Gasteiger charge is -2.06. The summed E-state index contributed by atoms with van der Waals surface area (Å²) in [5.74, 6) is 0.480. The molecule has 1 aromatic carbocycles. The molecule has 0 fully saturated rings. The number of Topliss-reactive ketones (excluding diaryl/α,β-unsaturated/α-hetero) is 1. The minimum Gasteiger partial charge on any atom is -0.300 e. The van der Waals surface area contributed by atoms with E-state index in [-0.39, 0.29) is 5.75 Å². The van der Waals surface area contributed by atoms with E-state index in [1.807, 2.05) is 19.9 Å². The van der Waals surface area contributed by atoms with Crippen molar-refractivity contribution in [2.24, 2.45) is 0 Å². The number of ketones is 1. The first-order valence-corrected chi connectivity index (χ1v) is 8.98. The van der Waals surface area contributed by atoms with Crippen LogP contribution in [-0.4, -0.2) is 20.0 Å². The number of rotatable bonds is 9. The van der Waals surface area contributed by atoms with Gasteiger partial charge in [0.2, 0.25) is 0 Å². The Bertz CT molecular complexity index is 532. The highest BCUT2D eigenvalue weighted by atomic mass is 32.2. The molecule has 4 heteroatoms. The van der Waals surface area contributed by atoms with Gasteiger partial charge in [-0.1, -0.05) is 26.0 Å². The second-order valence-electron chi connectivity index (χ2n) is 5.11. The largest absolute Gasteiger partial charge is 0.300 e. The topological polar surface area (TPSA) is 51.2 Å². The zero-order chi connectivity index (χ0) is 15.0. The summed E-state index contributed by atoms with van der Waals surface area (Å²) in [7, 11) is -3.15. The van der Waals surface area contributed by atoms with Crippen LogP contribution in [-0.2, 0) is 21.1 Å². The summed E-state index contributed by atoms with van der Waals surface area (Å²) in [6, 6.07) is 7.10. The number of sulfone groups is 1. The second-order valence-corrected chi connectivity index (χ2v) is 7.22. The quantitative estimate of drug-likeness (QED) is 0.700. The van der Waals surface area contributed by atoms with E-state index in [2.05, 4.69) is 0 Å². The fourth-order valence-corrected chi connectivity index (χ4v) is 3.56. The summed E-state index contributed by atoms with van der Waals surface area (Å²) in [6.07, 6.45) is 4.29. The third-order valence-corrected chi connectivity index (χ3v) is 5.10. The van der Waals surface area contributed by atoms with Gasteiger partial charge in [-0.15, -0.1) is 0 Å². The van der Waals surface area contributed by atoms with E-state index in [4.69, 9.17) is 0 Å². The molecule has 0 amide bonds. The van der Waals surface area contributed by atoms with Crippen molar-refractivity contribution < 1.29 is 13.2 Å². The number of benzene rings is 1. The van der Waals surface area contributed by atoms with Crippen LogP contribution in [0.3, 0.4) is 0 Å². The van der Waals surface area contributed by atoms with Gasteiger partial charge in [-0.05, 0) is 43.4 Å². The highest BCUT2D eigenvalue weighted by molar-refractivity contribution is 7.91. The van der Waals surface area contributed by atoms with Crippen molar-refractivity contribution >= 4 is 15.6 Å². The van der Waals surface area contributed by atoms with E-state index >= 15 is 0 Å². The molecule has 1 aromatic rings. The molecule has 0 saturated heterocycles. The molecule has 0 aliphatic rings. The molecular weight excluding hydrogens is 272 g/mol. The fourth-order valence-electron chi connectivity index (χ4n) is 2.17. The first kappa shape index (κ1) is 16.9. The smallest absolute Gasteiger partial charge is 0.178 e. The van der Waals surface area contributed by atoms with Crippen LogP contribution in [0.2, 0.25) is 0 Å². The Kier molecular flexibility index (Phi) is 6.93. The van der Waals surface area contributed by atoms with Crippen LogP contribution in [0.25, 0.3) is 0 Å². The van der Waals surface area contributed by atoms with Crippen LogP contribution in [0.1, 0.15) is 51.5 Å². The Hall–Kier alpha value is -1.16. The molecule has 0 radical (unpaired) electrons. The van der Waals surface area contributed by atoms with Crippen LogP contribution >= 0.6 is 0 Å². The maximum Gasteiger partial charge on any atom is 0.178 e. The Balaban J connectivity index is 2.63. The lowest BCUT2D eigenvalue weighted by Crippen LogP contribution is -2.06. The van der Waals surface area contributed by atoms with Crippen LogP contribution in [0, 0.1) is 0 Å². The molecule has 0 heterocycles. The molecular formula is C16H24O3S. The molecule has 0 aliphatic heterocycles. The van der Waals surface area contributed by atoms with Crippen LogP contribution in [0.4, 0.5) is 0 Å². The van der Waals surface area contributed by atoms with Crippen molar-refractivity contribution in [3.8, 4) is 0 Å². The van der Waals surface area contributed by atoms with Gasteiger partial charge in [-0.25, -0.2) is 8.42 Å². The van der Waals surface area contributed by atoms with Crippen molar-refractivity contribution in [1.29, 1.82) is 0 Å². The number of aryl methyl sites for hydroxylation is 1. The lowest BCUT2D eigenvalue weighted by molar-refractivity contribution is -0.119. The molecule has 3 nitrogen and oxygen atoms in total. The minimum atomic E-state index is -3.15. The summed E-state index contributed by atoms with van der Waals surface area (Å²) in [5, 5.41) is 0. The number of hydrogen-bond donors (Lipinski definition) is 0. The average Bonchev–Trinajstić information content (AvgIpc) is 2.39. The Morgan fingerprint density at radius 2 is 1.85 bits per heavy atom. The van der Waals surface area contributed by atoms with Gasteiger partial charge in [0, 0.05) is 12.8 Å². The number of carbonyl (C=O) groups excluding carboxylic acids is 1. The van der Waals surface area contributed by atoms with Gasteiger partial charge >= 0.3 is 0 Å². The number of hydrogen-bond acceptors (Lipinski definition) is 3. The van der Waals surface area contributed by atoms with Crippen molar-refractivity contribution in [3.05, 3.63) is 29.8 Å². The number of carbonyl (C=O) groups is 1. The first-order valence-electron chi connectivity index (χ1n) is 7.33. The van der Waals surface area contributed by atoms with Gasteiger partial charge in [0.1, 0.15) is 5.78 Å². The Morgan fingerprint density at radius 3 is 2.50 bits per heavy atom. The normalized spacial score (nSPS) is 11.5. The van der Waals surface area contributed by atoms with E-state index in [0.717, 1.165) is 24.8 Å². The third kappa shape index (κ3) is 5.45. The predicted octanol–water partition coefficient (Wildman–Crippen LogP) is 3.56. The van der Waals surface area contributed by atoms with E-state index in [1.54, 1.807) is 18.2 Å². The molecule has 20 heavy (non-hydrogen) atoms. The van der Waals surface area contributed by atoms with Gasteiger partial charge in [0.05, 0.1) is 10.6 Å². The van der Waals surface area contributed by atoms with E-state index in [0.29, 0.717) is 29.9 Å². The second kappa shape index (κ2) is 8.20. The molecule has 0 aromatic heterocycles. The van der Waals surface area contributed by atoms with Crippen molar-refractivity contribution in [3.63, 3.8) is 0 Å². The SMILES string of the molecule is CCCC(=O)CCCc1cccc(S(=O)(=O)CCC)c1. The van der Waals surface area contributed by atoms with Crippen LogP contribution in [0.5, 0.6) is 0 Å². The average molecular weight is 296 g/mol. The molecule has 0 aliphatic carbocycles. The standard InChI is InChI=1S/C16H24O3S/c1-3-7-15(17)10-5-8-14-9-6-11-16(13-14)20(18,19)12-4-2/h6,9,11,13H,3-5,7-8,10,12H2,1-2H3. The van der Waals surface area contributed by atoms with Gasteiger partial charge in [-0.3, -0.25) is 4.79 Å². The van der Waals surface area contributed by atoms with Crippen LogP contribution < -0.4 is 0 Å². The summed E-state index contributed by atoms with van der Waals surface area (Å²) >= 11 is 0. The zero-order valence-electron chi connectivity index (χ0n) is 12.4. The van der Waals surface area contributed by atoms with Crippen molar-refractivity contribution in [2.45, 2.75) is 57.3 Å². The summed E-state index contributed by atoms with van der Waals surface area (Å²) < 4.78 is 24.0. The molecule has 0 unspecified atom stereocenters. The van der Waals surface area contributed by atoms with Gasteiger partial charge in [0.25, 0.3) is 0 Å². The summed E-state index contributed by atoms with van der Waals surface area (Å²) in [6.45, 7) is 3.86. The predicted molar refractivity (Wildman–Crippen MR) is 81.6 cm³/mol. The van der Waals surface area contributed by atoms with Gasteiger partial charge in [-0.2, -0.15) is 0 Å². The van der Waals surface area contributed by atoms with E-state index in [9.17, 15) is 13.2 Å². The highest BCUT2D eigenvalue weighted by Crippen LogP contribution is 2.16. The van der Waals surface area contributed by atoms with Crippen molar-refractivity contribution in [2.75, 3.05) is 5.75 Å². The molecule has 0 atom stereocenters. The molecule has 0 N–H and O–H groups in total. The highest BCUT2D eigenvalue weighted by Gasteiger charge is 2.13. The Labute approximate surface area is 122 Å². The molecule has 1 rings (SSSR count). The van der Waals surface area contributed by atoms with E-state index < -0.39 is 9.84 Å². The Morgan fingerprint density at radius 1 is 1.10 bits per heavy atom. The van der Waals surface area contributed by atoms with Gasteiger partial charge in [0.15, 0.2) is 9.84 Å². The molecule has 0 saturated carbocycles. The first-order chi connectivity index (χ1) is 9.49. The minimum absolute atomic E-state index is 0.186.